The SMILES string of the molecule is C=C(Br)CNC(=O)N1CCC(C(=O)O)(C(C)C)C1. The number of rotatable bonds is 4. The first-order valence-corrected chi connectivity index (χ1v) is 6.68. The van der Waals surface area contributed by atoms with Crippen LogP contribution >= 0.6 is 15.9 Å². The van der Waals surface area contributed by atoms with Gasteiger partial charge in [0, 0.05) is 17.6 Å². The van der Waals surface area contributed by atoms with Gasteiger partial charge in [0.05, 0.1) is 12.0 Å². The highest BCUT2D eigenvalue weighted by Gasteiger charge is 2.48. The zero-order chi connectivity index (χ0) is 13.9. The van der Waals surface area contributed by atoms with Crippen LogP contribution in [0.4, 0.5) is 4.79 Å². The predicted octanol–water partition coefficient (Wildman–Crippen LogP) is 2.04. The van der Waals surface area contributed by atoms with Gasteiger partial charge in [-0.1, -0.05) is 36.4 Å². The van der Waals surface area contributed by atoms with Crippen molar-refractivity contribution < 1.29 is 14.7 Å². The molecule has 102 valence electrons. The summed E-state index contributed by atoms with van der Waals surface area (Å²) in [6, 6.07) is -0.237. The summed E-state index contributed by atoms with van der Waals surface area (Å²) in [5.74, 6) is -0.823. The summed E-state index contributed by atoms with van der Waals surface area (Å²) in [7, 11) is 0. The second kappa shape index (κ2) is 5.73. The van der Waals surface area contributed by atoms with Crippen molar-refractivity contribution in [2.24, 2.45) is 11.3 Å². The Morgan fingerprint density at radius 1 is 1.56 bits per heavy atom. The summed E-state index contributed by atoms with van der Waals surface area (Å²) in [4.78, 5) is 24.8. The summed E-state index contributed by atoms with van der Waals surface area (Å²) in [5, 5.41) is 12.1. The molecule has 0 aliphatic carbocycles. The Morgan fingerprint density at radius 3 is 2.56 bits per heavy atom. The Hall–Kier alpha value is -1.04. The maximum atomic E-state index is 11.8. The van der Waals surface area contributed by atoms with Gasteiger partial charge in [-0.15, -0.1) is 0 Å². The standard InChI is InChI=1S/C12H19BrN2O3/c1-8(2)12(10(16)17)4-5-15(7-12)11(18)14-6-9(3)13/h8H,3-7H2,1-2H3,(H,14,18)(H,16,17). The molecule has 18 heavy (non-hydrogen) atoms. The second-order valence-corrected chi connectivity index (χ2v) is 6.08. The van der Waals surface area contributed by atoms with Gasteiger partial charge in [0.1, 0.15) is 0 Å². The molecule has 0 bridgehead atoms. The van der Waals surface area contributed by atoms with E-state index in [0.717, 1.165) is 0 Å². The molecule has 1 heterocycles. The largest absolute Gasteiger partial charge is 0.481 e. The van der Waals surface area contributed by atoms with Crippen molar-refractivity contribution in [3.63, 3.8) is 0 Å². The van der Waals surface area contributed by atoms with Crippen LogP contribution in [0, 0.1) is 11.3 Å². The fourth-order valence-corrected chi connectivity index (χ4v) is 2.32. The van der Waals surface area contributed by atoms with Crippen molar-refractivity contribution in [1.82, 2.24) is 10.2 Å². The molecule has 2 amide bonds. The minimum Gasteiger partial charge on any atom is -0.481 e. The van der Waals surface area contributed by atoms with Crippen LogP contribution in [0.2, 0.25) is 0 Å². The van der Waals surface area contributed by atoms with Crippen LogP contribution in [-0.2, 0) is 4.79 Å². The zero-order valence-corrected chi connectivity index (χ0v) is 12.3. The Labute approximate surface area is 115 Å². The van der Waals surface area contributed by atoms with Gasteiger partial charge in [0.25, 0.3) is 0 Å². The molecule has 0 aromatic carbocycles. The van der Waals surface area contributed by atoms with E-state index in [1.807, 2.05) is 13.8 Å². The van der Waals surface area contributed by atoms with Crippen LogP contribution in [0.3, 0.4) is 0 Å². The number of nitrogens with zero attached hydrogens (tertiary/aromatic N) is 1. The molecular weight excluding hydrogens is 300 g/mol. The molecule has 6 heteroatoms. The third-order valence-electron chi connectivity index (χ3n) is 3.55. The zero-order valence-electron chi connectivity index (χ0n) is 10.7. The van der Waals surface area contributed by atoms with Crippen molar-refractivity contribution in [1.29, 1.82) is 0 Å². The third-order valence-corrected chi connectivity index (χ3v) is 3.83. The lowest BCUT2D eigenvalue weighted by atomic mass is 9.76. The number of carbonyl (C=O) groups excluding carboxylic acids is 1. The molecule has 0 aromatic rings. The number of carbonyl (C=O) groups is 2. The molecular formula is C12H19BrN2O3. The molecule has 2 N–H and O–H groups in total. The highest BCUT2D eigenvalue weighted by molar-refractivity contribution is 9.11. The predicted molar refractivity (Wildman–Crippen MR) is 72.6 cm³/mol. The van der Waals surface area contributed by atoms with Crippen molar-refractivity contribution in [3.8, 4) is 0 Å². The van der Waals surface area contributed by atoms with E-state index in [1.165, 1.54) is 0 Å². The van der Waals surface area contributed by atoms with Crippen molar-refractivity contribution >= 4 is 27.9 Å². The molecule has 1 saturated heterocycles. The van der Waals surface area contributed by atoms with Gasteiger partial charge >= 0.3 is 12.0 Å². The number of hydrogen-bond acceptors (Lipinski definition) is 2. The molecule has 1 aliphatic rings. The van der Waals surface area contributed by atoms with E-state index in [1.54, 1.807) is 4.90 Å². The summed E-state index contributed by atoms with van der Waals surface area (Å²) in [6.45, 7) is 8.48. The number of carboxylic acids is 1. The first-order valence-electron chi connectivity index (χ1n) is 5.89. The highest BCUT2D eigenvalue weighted by Crippen LogP contribution is 2.38. The van der Waals surface area contributed by atoms with E-state index >= 15 is 0 Å². The molecule has 1 rings (SSSR count). The van der Waals surface area contributed by atoms with Gasteiger partial charge in [0.2, 0.25) is 0 Å². The lowest BCUT2D eigenvalue weighted by Gasteiger charge is -2.28. The third kappa shape index (κ3) is 3.04. The van der Waals surface area contributed by atoms with E-state index in [-0.39, 0.29) is 18.5 Å². The first kappa shape index (κ1) is 15.0. The average molecular weight is 319 g/mol. The molecule has 0 saturated carbocycles. The van der Waals surface area contributed by atoms with Gasteiger partial charge in [-0.3, -0.25) is 4.79 Å². The number of halogens is 1. The first-order chi connectivity index (χ1) is 8.29. The number of amides is 2. The number of likely N-dealkylation sites (tertiary alicyclic amines) is 1. The Morgan fingerprint density at radius 2 is 2.17 bits per heavy atom. The fraction of sp³-hybridized carbons (Fsp3) is 0.667. The van der Waals surface area contributed by atoms with Crippen molar-refractivity contribution in [2.75, 3.05) is 19.6 Å². The van der Waals surface area contributed by atoms with Gasteiger partial charge in [0.15, 0.2) is 0 Å². The molecule has 0 radical (unpaired) electrons. The van der Waals surface area contributed by atoms with Gasteiger partial charge in [-0.05, 0) is 12.3 Å². The van der Waals surface area contributed by atoms with Gasteiger partial charge < -0.3 is 15.3 Å². The van der Waals surface area contributed by atoms with Crippen LogP contribution in [0.5, 0.6) is 0 Å². The Balaban J connectivity index is 2.67. The quantitative estimate of drug-likeness (QED) is 0.833. The highest BCUT2D eigenvalue weighted by atomic mass is 79.9. The topological polar surface area (TPSA) is 69.6 Å². The molecule has 1 aliphatic heterocycles. The van der Waals surface area contributed by atoms with E-state index < -0.39 is 11.4 Å². The van der Waals surface area contributed by atoms with Crippen LogP contribution in [-0.4, -0.2) is 41.6 Å². The number of hydrogen-bond donors (Lipinski definition) is 2. The normalized spacial score (nSPS) is 23.2. The number of carboxylic acid groups (broad SMARTS) is 1. The van der Waals surface area contributed by atoms with E-state index in [9.17, 15) is 14.7 Å². The number of urea groups is 1. The van der Waals surface area contributed by atoms with E-state index in [2.05, 4.69) is 27.8 Å². The molecule has 1 atom stereocenters. The Bertz CT molecular complexity index is 370. The second-order valence-electron chi connectivity index (χ2n) is 4.96. The lowest BCUT2D eigenvalue weighted by Crippen LogP contribution is -2.44. The van der Waals surface area contributed by atoms with Gasteiger partial charge in [-0.2, -0.15) is 0 Å². The molecule has 0 aromatic heterocycles. The number of aliphatic carboxylic acids is 1. The van der Waals surface area contributed by atoms with E-state index in [0.29, 0.717) is 24.0 Å². The lowest BCUT2D eigenvalue weighted by molar-refractivity contribution is -0.150. The van der Waals surface area contributed by atoms with Crippen LogP contribution in [0.1, 0.15) is 20.3 Å². The molecule has 1 unspecified atom stereocenters. The summed E-state index contributed by atoms with van der Waals surface area (Å²) < 4.78 is 0.684. The van der Waals surface area contributed by atoms with Crippen LogP contribution < -0.4 is 5.32 Å². The number of nitrogens with one attached hydrogen (secondary N) is 1. The maximum absolute atomic E-state index is 11.8. The van der Waals surface area contributed by atoms with Crippen molar-refractivity contribution in [2.45, 2.75) is 20.3 Å². The molecule has 5 nitrogen and oxygen atoms in total. The molecule has 1 fully saturated rings. The van der Waals surface area contributed by atoms with Crippen LogP contribution in [0.25, 0.3) is 0 Å². The average Bonchev–Trinajstić information content (AvgIpc) is 2.71. The van der Waals surface area contributed by atoms with Gasteiger partial charge in [-0.25, -0.2) is 4.79 Å². The fourth-order valence-electron chi connectivity index (χ4n) is 2.18. The summed E-state index contributed by atoms with van der Waals surface area (Å²) in [6.07, 6.45) is 0.503. The summed E-state index contributed by atoms with van der Waals surface area (Å²) in [5.41, 5.74) is -0.817. The Kier molecular flexibility index (Phi) is 4.78. The minimum atomic E-state index is -0.822. The molecule has 0 spiro atoms. The van der Waals surface area contributed by atoms with Crippen LogP contribution in [0.15, 0.2) is 11.1 Å². The van der Waals surface area contributed by atoms with Crippen molar-refractivity contribution in [3.05, 3.63) is 11.1 Å². The van der Waals surface area contributed by atoms with E-state index in [4.69, 9.17) is 0 Å². The smallest absolute Gasteiger partial charge is 0.317 e. The maximum Gasteiger partial charge on any atom is 0.317 e. The monoisotopic (exact) mass is 318 g/mol. The minimum absolute atomic E-state index is 0.000981. The summed E-state index contributed by atoms with van der Waals surface area (Å²) >= 11 is 3.16.